The highest BCUT2D eigenvalue weighted by atomic mass is 16.4. The molecule has 1 rings (SSSR count). The first-order valence-corrected chi connectivity index (χ1v) is 6.35. The summed E-state index contributed by atoms with van der Waals surface area (Å²) < 4.78 is 0. The Morgan fingerprint density at radius 3 is 2.10 bits per heavy atom. The number of hydrogen-bond donors (Lipinski definition) is 5. The normalized spacial score (nSPS) is 16.9. The quantitative estimate of drug-likeness (QED) is 0.294. The molecule has 0 amide bonds. The SMILES string of the molecule is Cc1ccc(C(=O)C(=O)[C@H](N)[C@@H](O)[C@H](O)[C@H](O)CO)cc1. The van der Waals surface area contributed by atoms with Gasteiger partial charge in [-0.15, -0.1) is 0 Å². The summed E-state index contributed by atoms with van der Waals surface area (Å²) in [5, 5.41) is 37.0. The molecule has 116 valence electrons. The first-order chi connectivity index (χ1) is 9.79. The fourth-order valence-electron chi connectivity index (χ4n) is 1.70. The summed E-state index contributed by atoms with van der Waals surface area (Å²) in [7, 11) is 0. The highest BCUT2D eigenvalue weighted by Crippen LogP contribution is 2.09. The predicted octanol–water partition coefficient (Wildman–Crippen LogP) is -1.85. The molecule has 21 heavy (non-hydrogen) atoms. The molecule has 0 fully saturated rings. The molecule has 0 aliphatic rings. The van der Waals surface area contributed by atoms with Crippen molar-refractivity contribution in [3.8, 4) is 0 Å². The molecule has 6 N–H and O–H groups in total. The van der Waals surface area contributed by atoms with Gasteiger partial charge in [-0.05, 0) is 6.92 Å². The molecule has 0 saturated heterocycles. The number of nitrogens with two attached hydrogens (primary N) is 1. The molecule has 0 saturated carbocycles. The van der Waals surface area contributed by atoms with Crippen molar-refractivity contribution in [1.29, 1.82) is 0 Å². The average molecular weight is 297 g/mol. The molecule has 7 heteroatoms. The van der Waals surface area contributed by atoms with Gasteiger partial charge in [0.05, 0.1) is 6.61 Å². The van der Waals surface area contributed by atoms with Crippen LogP contribution in [0.25, 0.3) is 0 Å². The lowest BCUT2D eigenvalue weighted by Gasteiger charge is -2.25. The number of hydrogen-bond acceptors (Lipinski definition) is 7. The molecule has 0 aliphatic carbocycles. The summed E-state index contributed by atoms with van der Waals surface area (Å²) >= 11 is 0. The van der Waals surface area contributed by atoms with E-state index in [9.17, 15) is 24.9 Å². The van der Waals surface area contributed by atoms with E-state index in [1.165, 1.54) is 12.1 Å². The Hall–Kier alpha value is -1.64. The molecule has 7 nitrogen and oxygen atoms in total. The van der Waals surface area contributed by atoms with Crippen molar-refractivity contribution in [2.75, 3.05) is 6.61 Å². The standard InChI is InChI=1S/C14H19NO6/c1-7-2-4-8(5-3-7)11(18)13(20)10(15)14(21)12(19)9(17)6-16/h2-5,9-10,12,14,16-17,19,21H,6,15H2,1H3/t9-,10+,12-,14-/m1/s1. The van der Waals surface area contributed by atoms with Crippen LogP contribution in [-0.4, -0.2) is 63.0 Å². The van der Waals surface area contributed by atoms with Crippen LogP contribution in [0.1, 0.15) is 15.9 Å². The maximum atomic E-state index is 11.9. The van der Waals surface area contributed by atoms with Crippen molar-refractivity contribution in [3.63, 3.8) is 0 Å². The zero-order valence-electron chi connectivity index (χ0n) is 11.5. The largest absolute Gasteiger partial charge is 0.394 e. The number of Topliss-reactive ketones (excluding diaryl/α,β-unsaturated/α-hetero) is 2. The third-order valence-corrected chi connectivity index (χ3v) is 3.14. The average Bonchev–Trinajstić information content (AvgIpc) is 2.51. The second-order valence-corrected chi connectivity index (χ2v) is 4.82. The Kier molecular flexibility index (Phi) is 6.13. The molecule has 0 bridgehead atoms. The molecule has 1 aromatic carbocycles. The molecular weight excluding hydrogens is 278 g/mol. The van der Waals surface area contributed by atoms with Crippen molar-refractivity contribution in [2.24, 2.45) is 5.73 Å². The molecular formula is C14H19NO6. The van der Waals surface area contributed by atoms with Crippen molar-refractivity contribution in [1.82, 2.24) is 0 Å². The van der Waals surface area contributed by atoms with Crippen LogP contribution in [0.2, 0.25) is 0 Å². The van der Waals surface area contributed by atoms with Crippen LogP contribution in [0.4, 0.5) is 0 Å². The lowest BCUT2D eigenvalue weighted by atomic mass is 9.94. The molecule has 0 aromatic heterocycles. The zero-order chi connectivity index (χ0) is 16.2. The highest BCUT2D eigenvalue weighted by molar-refractivity contribution is 6.45. The second-order valence-electron chi connectivity index (χ2n) is 4.82. The fraction of sp³-hybridized carbons (Fsp3) is 0.429. The van der Waals surface area contributed by atoms with Crippen LogP contribution in [0.15, 0.2) is 24.3 Å². The van der Waals surface area contributed by atoms with Gasteiger partial charge in [-0.1, -0.05) is 29.8 Å². The van der Waals surface area contributed by atoms with Gasteiger partial charge in [0.1, 0.15) is 24.4 Å². The van der Waals surface area contributed by atoms with Gasteiger partial charge in [0.25, 0.3) is 0 Å². The van der Waals surface area contributed by atoms with Crippen LogP contribution >= 0.6 is 0 Å². The molecule has 0 unspecified atom stereocenters. The lowest BCUT2D eigenvalue weighted by Crippen LogP contribution is -2.54. The van der Waals surface area contributed by atoms with E-state index in [4.69, 9.17) is 10.8 Å². The minimum absolute atomic E-state index is 0.116. The summed E-state index contributed by atoms with van der Waals surface area (Å²) in [6.07, 6.45) is -5.36. The lowest BCUT2D eigenvalue weighted by molar-refractivity contribution is -0.125. The summed E-state index contributed by atoms with van der Waals surface area (Å²) in [6.45, 7) is 1.00. The zero-order valence-corrected chi connectivity index (χ0v) is 11.5. The smallest absolute Gasteiger partial charge is 0.230 e. The third kappa shape index (κ3) is 4.16. The van der Waals surface area contributed by atoms with Crippen molar-refractivity contribution in [3.05, 3.63) is 35.4 Å². The number of ketones is 2. The fourth-order valence-corrected chi connectivity index (χ4v) is 1.70. The number of benzene rings is 1. The first-order valence-electron chi connectivity index (χ1n) is 6.35. The molecule has 0 aliphatic heterocycles. The third-order valence-electron chi connectivity index (χ3n) is 3.14. The monoisotopic (exact) mass is 297 g/mol. The number of aliphatic hydroxyl groups excluding tert-OH is 4. The summed E-state index contributed by atoms with van der Waals surface area (Å²) in [5.74, 6) is -1.98. The topological polar surface area (TPSA) is 141 Å². The summed E-state index contributed by atoms with van der Waals surface area (Å²) in [6, 6.07) is 4.50. The van der Waals surface area contributed by atoms with Gasteiger partial charge in [0, 0.05) is 5.56 Å². The van der Waals surface area contributed by atoms with Crippen LogP contribution < -0.4 is 5.73 Å². The number of rotatable bonds is 7. The molecule has 1 aromatic rings. The van der Waals surface area contributed by atoms with Crippen LogP contribution in [0.3, 0.4) is 0 Å². The Morgan fingerprint density at radius 2 is 1.62 bits per heavy atom. The van der Waals surface area contributed by atoms with E-state index in [0.717, 1.165) is 5.56 Å². The van der Waals surface area contributed by atoms with Crippen LogP contribution in [-0.2, 0) is 4.79 Å². The van der Waals surface area contributed by atoms with Gasteiger partial charge in [0.2, 0.25) is 11.6 Å². The van der Waals surface area contributed by atoms with Crippen LogP contribution in [0, 0.1) is 6.92 Å². The number of aryl methyl sites for hydroxylation is 1. The van der Waals surface area contributed by atoms with Gasteiger partial charge in [-0.25, -0.2) is 0 Å². The maximum Gasteiger partial charge on any atom is 0.230 e. The summed E-state index contributed by atoms with van der Waals surface area (Å²) in [5.41, 5.74) is 6.47. The van der Waals surface area contributed by atoms with Crippen molar-refractivity contribution >= 4 is 11.6 Å². The maximum absolute atomic E-state index is 11.9. The number of carbonyl (C=O) groups excluding carboxylic acids is 2. The van der Waals surface area contributed by atoms with E-state index in [2.05, 4.69) is 0 Å². The number of carbonyl (C=O) groups is 2. The van der Waals surface area contributed by atoms with E-state index >= 15 is 0 Å². The minimum Gasteiger partial charge on any atom is -0.394 e. The summed E-state index contributed by atoms with van der Waals surface area (Å²) in [4.78, 5) is 23.8. The van der Waals surface area contributed by atoms with Gasteiger partial charge < -0.3 is 26.2 Å². The van der Waals surface area contributed by atoms with E-state index in [1.54, 1.807) is 12.1 Å². The molecule has 4 atom stereocenters. The van der Waals surface area contributed by atoms with E-state index < -0.39 is 42.5 Å². The second kappa shape index (κ2) is 7.39. The van der Waals surface area contributed by atoms with Gasteiger partial charge in [-0.3, -0.25) is 9.59 Å². The Labute approximate surface area is 121 Å². The Morgan fingerprint density at radius 1 is 1.10 bits per heavy atom. The molecule has 0 radical (unpaired) electrons. The minimum atomic E-state index is -1.87. The molecule has 0 spiro atoms. The van der Waals surface area contributed by atoms with E-state index in [0.29, 0.717) is 0 Å². The Bertz CT molecular complexity index is 501. The Balaban J connectivity index is 2.82. The van der Waals surface area contributed by atoms with Crippen molar-refractivity contribution < 1.29 is 30.0 Å². The van der Waals surface area contributed by atoms with E-state index in [-0.39, 0.29) is 5.56 Å². The highest BCUT2D eigenvalue weighted by Gasteiger charge is 2.35. The molecule has 0 heterocycles. The van der Waals surface area contributed by atoms with Gasteiger partial charge in [-0.2, -0.15) is 0 Å². The first kappa shape index (κ1) is 17.4. The van der Waals surface area contributed by atoms with E-state index in [1.807, 2.05) is 6.92 Å². The number of aliphatic hydroxyl groups is 4. The predicted molar refractivity (Wildman–Crippen MR) is 73.6 cm³/mol. The van der Waals surface area contributed by atoms with Crippen molar-refractivity contribution in [2.45, 2.75) is 31.3 Å². The van der Waals surface area contributed by atoms with Gasteiger partial charge in [0.15, 0.2) is 0 Å². The van der Waals surface area contributed by atoms with Crippen LogP contribution in [0.5, 0.6) is 0 Å². The van der Waals surface area contributed by atoms with Gasteiger partial charge >= 0.3 is 0 Å².